The molecule has 7 heteroatoms. The van der Waals surface area contributed by atoms with E-state index in [9.17, 15) is 4.79 Å². The van der Waals surface area contributed by atoms with Crippen molar-refractivity contribution < 1.29 is 14.5 Å². The number of carbonyl (C=O) groups is 1. The summed E-state index contributed by atoms with van der Waals surface area (Å²) in [5, 5.41) is 3.41. The maximum atomic E-state index is 11.3. The number of guanidine groups is 1. The molecule has 0 atom stereocenters. The van der Waals surface area contributed by atoms with Crippen LogP contribution in [0.1, 0.15) is 19.0 Å². The number of nitrogens with two attached hydrogens (primary N) is 1. The van der Waals surface area contributed by atoms with Crippen molar-refractivity contribution in [3.63, 3.8) is 0 Å². The summed E-state index contributed by atoms with van der Waals surface area (Å²) in [7, 11) is 1.61. The zero-order chi connectivity index (χ0) is 15.4. The number of carbonyl (C=O) groups excluding carboxylic acids is 1. The molecule has 4 N–H and O–H groups in total. The molecular weight excluding hydrogens is 270 g/mol. The Morgan fingerprint density at radius 1 is 1.43 bits per heavy atom. The number of ether oxygens (including phenoxy) is 1. The largest absolute Gasteiger partial charge is 0.497 e. The Hall–Kier alpha value is -2.70. The molecule has 0 aliphatic carbocycles. The molecule has 2 rings (SSSR count). The highest BCUT2D eigenvalue weighted by Gasteiger charge is 2.11. The second-order valence-corrected chi connectivity index (χ2v) is 4.46. The number of fused-ring (bicyclic) bond motifs is 1. The summed E-state index contributed by atoms with van der Waals surface area (Å²) in [6.07, 6.45) is 0.347. The van der Waals surface area contributed by atoms with Crippen LogP contribution in [0.2, 0.25) is 0 Å². The first kappa shape index (κ1) is 14.7. The zero-order valence-corrected chi connectivity index (χ0v) is 12.2. The topological polar surface area (TPSA) is 104 Å². The van der Waals surface area contributed by atoms with Gasteiger partial charge in [-0.05, 0) is 25.1 Å². The number of hydrogen-bond acceptors (Lipinski definition) is 4. The number of nitrogens with zero attached hydrogens (tertiary/aromatic N) is 2. The van der Waals surface area contributed by atoms with Crippen molar-refractivity contribution in [2.45, 2.75) is 20.3 Å². The first-order valence-electron chi connectivity index (χ1n) is 6.55. The lowest BCUT2D eigenvalue weighted by Gasteiger charge is -2.03. The van der Waals surface area contributed by atoms with Gasteiger partial charge in [-0.1, -0.05) is 6.92 Å². The first-order valence-corrected chi connectivity index (χ1v) is 6.55. The number of rotatable bonds is 3. The highest BCUT2D eigenvalue weighted by molar-refractivity contribution is 5.93. The van der Waals surface area contributed by atoms with Crippen LogP contribution in [0, 0.1) is 6.92 Å². The van der Waals surface area contributed by atoms with E-state index in [-0.39, 0.29) is 11.9 Å². The quantitative estimate of drug-likeness (QED) is 0.522. The van der Waals surface area contributed by atoms with Crippen molar-refractivity contribution in [3.8, 4) is 5.75 Å². The maximum Gasteiger partial charge on any atom is 0.354 e. The molecule has 0 aliphatic heterocycles. The normalized spacial score (nSPS) is 11.5. The lowest BCUT2D eigenvalue weighted by Crippen LogP contribution is -2.75. The molecule has 0 spiro atoms. The van der Waals surface area contributed by atoms with E-state index in [4.69, 9.17) is 10.5 Å². The van der Waals surface area contributed by atoms with E-state index in [2.05, 4.69) is 20.3 Å². The summed E-state index contributed by atoms with van der Waals surface area (Å²) in [4.78, 5) is 22.7. The number of methoxy groups -OCH3 is 1. The molecule has 21 heavy (non-hydrogen) atoms. The van der Waals surface area contributed by atoms with Gasteiger partial charge in [-0.2, -0.15) is 0 Å². The first-order chi connectivity index (χ1) is 10.0. The van der Waals surface area contributed by atoms with Gasteiger partial charge in [-0.15, -0.1) is 9.97 Å². The Bertz CT molecular complexity index is 712. The van der Waals surface area contributed by atoms with Crippen LogP contribution in [0.3, 0.4) is 0 Å². The van der Waals surface area contributed by atoms with Gasteiger partial charge in [0.1, 0.15) is 11.3 Å². The SMILES string of the molecule is CCC(=O)N/C(N)=[NH+]/c1nc(C)c2cc(OC)ccc2n1. The lowest BCUT2D eigenvalue weighted by atomic mass is 10.2. The van der Waals surface area contributed by atoms with Crippen LogP contribution in [0.5, 0.6) is 5.75 Å². The van der Waals surface area contributed by atoms with E-state index >= 15 is 0 Å². The molecule has 0 aliphatic rings. The number of aryl methyl sites for hydroxylation is 1. The minimum absolute atomic E-state index is 0.106. The van der Waals surface area contributed by atoms with Gasteiger partial charge in [-0.25, -0.2) is 10.3 Å². The van der Waals surface area contributed by atoms with Crippen LogP contribution in [0.4, 0.5) is 5.95 Å². The molecule has 1 aromatic carbocycles. The van der Waals surface area contributed by atoms with Crippen LogP contribution in [-0.2, 0) is 4.79 Å². The molecule has 0 saturated heterocycles. The van der Waals surface area contributed by atoms with Crippen LogP contribution in [0.25, 0.3) is 10.9 Å². The van der Waals surface area contributed by atoms with Gasteiger partial charge in [0.25, 0.3) is 11.9 Å². The number of benzene rings is 1. The Labute approximate surface area is 122 Å². The van der Waals surface area contributed by atoms with E-state index in [1.165, 1.54) is 0 Å². The fraction of sp³-hybridized carbons (Fsp3) is 0.286. The lowest BCUT2D eigenvalue weighted by molar-refractivity contribution is -0.367. The third-order valence-electron chi connectivity index (χ3n) is 2.94. The number of hydrogen-bond donors (Lipinski definition) is 3. The monoisotopic (exact) mass is 288 g/mol. The molecule has 0 bridgehead atoms. The van der Waals surface area contributed by atoms with Crippen molar-refractivity contribution in [1.29, 1.82) is 0 Å². The average molecular weight is 288 g/mol. The van der Waals surface area contributed by atoms with Crippen molar-refractivity contribution >= 4 is 28.7 Å². The number of aromatic nitrogens is 2. The van der Waals surface area contributed by atoms with E-state index in [0.29, 0.717) is 12.4 Å². The zero-order valence-electron chi connectivity index (χ0n) is 12.2. The number of amides is 1. The van der Waals surface area contributed by atoms with Gasteiger partial charge >= 0.3 is 5.95 Å². The van der Waals surface area contributed by atoms with Gasteiger partial charge in [0.2, 0.25) is 0 Å². The maximum absolute atomic E-state index is 11.3. The van der Waals surface area contributed by atoms with Crippen molar-refractivity contribution in [3.05, 3.63) is 23.9 Å². The standard InChI is InChI=1S/C14H17N5O2/c1-4-12(20)18-13(15)19-14-16-8(2)10-7-9(21-3)5-6-11(10)17-14/h5-7H,4H2,1-3H3,(H3,15,16,17,18,19,20)/p+1. The Balaban J connectivity index is 2.38. The second kappa shape index (κ2) is 6.17. The van der Waals surface area contributed by atoms with E-state index in [0.717, 1.165) is 22.3 Å². The summed E-state index contributed by atoms with van der Waals surface area (Å²) in [6, 6.07) is 5.54. The third kappa shape index (κ3) is 3.44. The van der Waals surface area contributed by atoms with Gasteiger partial charge in [0, 0.05) is 11.8 Å². The van der Waals surface area contributed by atoms with E-state index < -0.39 is 0 Å². The Morgan fingerprint density at radius 3 is 2.86 bits per heavy atom. The van der Waals surface area contributed by atoms with Crippen LogP contribution < -0.4 is 20.8 Å². The summed E-state index contributed by atoms with van der Waals surface area (Å²) in [6.45, 7) is 3.61. The van der Waals surface area contributed by atoms with Gasteiger partial charge in [0.05, 0.1) is 12.8 Å². The fourth-order valence-electron chi connectivity index (χ4n) is 1.83. The molecule has 1 heterocycles. The Kier molecular flexibility index (Phi) is 4.32. The molecule has 0 unspecified atom stereocenters. The highest BCUT2D eigenvalue weighted by Crippen LogP contribution is 2.21. The van der Waals surface area contributed by atoms with Crippen molar-refractivity contribution in [2.24, 2.45) is 5.73 Å². The van der Waals surface area contributed by atoms with Crippen LogP contribution in [0.15, 0.2) is 18.2 Å². The van der Waals surface area contributed by atoms with E-state index in [1.807, 2.05) is 25.1 Å². The smallest absolute Gasteiger partial charge is 0.354 e. The fourth-order valence-corrected chi connectivity index (χ4v) is 1.83. The molecule has 2 aromatic rings. The summed E-state index contributed by atoms with van der Waals surface area (Å²) < 4.78 is 5.19. The van der Waals surface area contributed by atoms with Gasteiger partial charge < -0.3 is 10.5 Å². The molecule has 110 valence electrons. The molecular formula is C14H18N5O2+. The third-order valence-corrected chi connectivity index (χ3v) is 2.94. The molecule has 1 aromatic heterocycles. The predicted molar refractivity (Wildman–Crippen MR) is 79.1 cm³/mol. The molecule has 0 fully saturated rings. The Morgan fingerprint density at radius 2 is 2.19 bits per heavy atom. The predicted octanol–water partition coefficient (Wildman–Crippen LogP) is -0.500. The highest BCUT2D eigenvalue weighted by atomic mass is 16.5. The van der Waals surface area contributed by atoms with Crippen molar-refractivity contribution in [2.75, 3.05) is 7.11 Å². The van der Waals surface area contributed by atoms with Gasteiger partial charge in [0.15, 0.2) is 0 Å². The molecule has 0 saturated carbocycles. The molecule has 1 amide bonds. The summed E-state index contributed by atoms with van der Waals surface area (Å²) in [5.41, 5.74) is 7.25. The minimum atomic E-state index is -0.178. The number of nitrogens with one attached hydrogen (secondary N) is 2. The van der Waals surface area contributed by atoms with Gasteiger partial charge in [-0.3, -0.25) is 4.79 Å². The summed E-state index contributed by atoms with van der Waals surface area (Å²) in [5.74, 6) is 1.01. The second-order valence-electron chi connectivity index (χ2n) is 4.46. The van der Waals surface area contributed by atoms with Crippen LogP contribution >= 0.6 is 0 Å². The molecule has 0 radical (unpaired) electrons. The van der Waals surface area contributed by atoms with Crippen molar-refractivity contribution in [1.82, 2.24) is 15.3 Å². The minimum Gasteiger partial charge on any atom is -0.497 e. The molecule has 7 nitrogen and oxygen atoms in total. The average Bonchev–Trinajstić information content (AvgIpc) is 2.46. The van der Waals surface area contributed by atoms with Crippen LogP contribution in [-0.4, -0.2) is 28.9 Å². The van der Waals surface area contributed by atoms with E-state index in [1.54, 1.807) is 14.0 Å². The summed E-state index contributed by atoms with van der Waals surface area (Å²) >= 11 is 0.